The van der Waals surface area contributed by atoms with E-state index in [1.165, 1.54) is 34.7 Å². The highest BCUT2D eigenvalue weighted by Crippen LogP contribution is 2.28. The number of nitrogens with one attached hydrogen (secondary N) is 2. The molecule has 2 N–H and O–H groups in total. The second-order valence-corrected chi connectivity index (χ2v) is 8.94. The van der Waals surface area contributed by atoms with Crippen molar-refractivity contribution in [1.29, 1.82) is 0 Å². The summed E-state index contributed by atoms with van der Waals surface area (Å²) in [6, 6.07) is 11.6. The van der Waals surface area contributed by atoms with Gasteiger partial charge < -0.3 is 4.98 Å². The number of benzene rings is 1. The maximum absolute atomic E-state index is 12.2. The van der Waals surface area contributed by atoms with Crippen molar-refractivity contribution in [3.8, 4) is 0 Å². The fraction of sp³-hybridized carbons (Fsp3) is 0.278. The highest BCUT2D eigenvalue weighted by molar-refractivity contribution is 8.00. The number of hydrogen-bond donors (Lipinski definition) is 2. The van der Waals surface area contributed by atoms with Crippen molar-refractivity contribution in [2.24, 2.45) is 0 Å². The van der Waals surface area contributed by atoms with E-state index in [9.17, 15) is 9.59 Å². The first-order chi connectivity index (χ1) is 13.6. The third-order valence-corrected chi connectivity index (χ3v) is 6.39. The molecule has 0 spiro atoms. The standard InChI is InChI=1S/C18H19N5O2S3/c1-2-6-13-9-14(24)20-16(19-13)26-11-15(25)21-17-22-23-18(28-17)27-10-12-7-4-3-5-8-12/h3-5,7-9H,2,6,10-11H2,1H3,(H,19,20,24)(H,21,22,25). The number of rotatable bonds is 9. The highest BCUT2D eigenvalue weighted by atomic mass is 32.2. The Morgan fingerprint density at radius 3 is 2.82 bits per heavy atom. The number of thioether (sulfide) groups is 2. The maximum atomic E-state index is 12.2. The Morgan fingerprint density at radius 1 is 1.21 bits per heavy atom. The van der Waals surface area contributed by atoms with E-state index in [-0.39, 0.29) is 17.2 Å². The van der Waals surface area contributed by atoms with Gasteiger partial charge in [0.15, 0.2) is 9.50 Å². The lowest BCUT2D eigenvalue weighted by atomic mass is 10.2. The Bertz CT molecular complexity index is 975. The first-order valence-electron chi connectivity index (χ1n) is 8.65. The largest absolute Gasteiger partial charge is 0.301 e. The van der Waals surface area contributed by atoms with Gasteiger partial charge in [0.25, 0.3) is 5.56 Å². The summed E-state index contributed by atoms with van der Waals surface area (Å²) in [5, 5.41) is 11.7. The van der Waals surface area contributed by atoms with Gasteiger partial charge >= 0.3 is 0 Å². The number of carbonyl (C=O) groups excluding carboxylic acids is 1. The van der Waals surface area contributed by atoms with Crippen molar-refractivity contribution < 1.29 is 4.79 Å². The molecule has 3 aromatic rings. The van der Waals surface area contributed by atoms with Gasteiger partial charge in [-0.3, -0.25) is 14.9 Å². The minimum absolute atomic E-state index is 0.130. The lowest BCUT2D eigenvalue weighted by Crippen LogP contribution is -2.15. The monoisotopic (exact) mass is 433 g/mol. The maximum Gasteiger partial charge on any atom is 0.251 e. The predicted octanol–water partition coefficient (Wildman–Crippen LogP) is 3.60. The zero-order valence-corrected chi connectivity index (χ0v) is 17.6. The molecule has 0 saturated heterocycles. The highest BCUT2D eigenvalue weighted by Gasteiger charge is 2.11. The number of H-pyrrole nitrogens is 1. The van der Waals surface area contributed by atoms with Gasteiger partial charge in [-0.1, -0.05) is 78.5 Å². The van der Waals surface area contributed by atoms with E-state index in [1.807, 2.05) is 25.1 Å². The molecule has 146 valence electrons. The molecule has 2 aromatic heterocycles. The molecule has 0 radical (unpaired) electrons. The van der Waals surface area contributed by atoms with Crippen molar-refractivity contribution in [2.75, 3.05) is 11.1 Å². The van der Waals surface area contributed by atoms with E-state index in [0.717, 1.165) is 28.6 Å². The fourth-order valence-electron chi connectivity index (χ4n) is 2.26. The smallest absolute Gasteiger partial charge is 0.251 e. The van der Waals surface area contributed by atoms with E-state index in [0.29, 0.717) is 10.3 Å². The summed E-state index contributed by atoms with van der Waals surface area (Å²) in [6.45, 7) is 2.03. The topological polar surface area (TPSA) is 101 Å². The lowest BCUT2D eigenvalue weighted by Gasteiger charge is -2.03. The third-order valence-electron chi connectivity index (χ3n) is 3.48. The van der Waals surface area contributed by atoms with Crippen LogP contribution >= 0.6 is 34.9 Å². The first kappa shape index (κ1) is 20.6. The molecule has 0 saturated carbocycles. The molecule has 2 heterocycles. The quantitative estimate of drug-likeness (QED) is 0.302. The second kappa shape index (κ2) is 10.4. The lowest BCUT2D eigenvalue weighted by molar-refractivity contribution is -0.113. The number of aromatic amines is 1. The number of nitrogens with zero attached hydrogens (tertiary/aromatic N) is 3. The molecule has 0 unspecified atom stereocenters. The van der Waals surface area contributed by atoms with E-state index >= 15 is 0 Å². The molecule has 0 atom stereocenters. The van der Waals surface area contributed by atoms with Crippen molar-refractivity contribution in [1.82, 2.24) is 20.2 Å². The van der Waals surface area contributed by atoms with Crippen LogP contribution in [0.4, 0.5) is 5.13 Å². The first-order valence-corrected chi connectivity index (χ1v) is 11.4. The minimum Gasteiger partial charge on any atom is -0.301 e. The Balaban J connectivity index is 1.49. The van der Waals surface area contributed by atoms with Gasteiger partial charge in [-0.25, -0.2) is 4.98 Å². The third kappa shape index (κ3) is 6.47. The average molecular weight is 434 g/mol. The molecule has 1 amide bonds. The number of aromatic nitrogens is 4. The van der Waals surface area contributed by atoms with E-state index in [4.69, 9.17) is 0 Å². The van der Waals surface area contributed by atoms with Crippen LogP contribution in [0.15, 0.2) is 50.7 Å². The zero-order valence-electron chi connectivity index (χ0n) is 15.2. The number of hydrogen-bond acceptors (Lipinski definition) is 8. The molecule has 0 aliphatic rings. The summed E-state index contributed by atoms with van der Waals surface area (Å²) in [7, 11) is 0. The Labute approximate surface area is 174 Å². The van der Waals surface area contributed by atoms with Crippen LogP contribution in [0.5, 0.6) is 0 Å². The van der Waals surface area contributed by atoms with Crippen LogP contribution in [0, 0.1) is 0 Å². The molecule has 28 heavy (non-hydrogen) atoms. The van der Waals surface area contributed by atoms with Gasteiger partial charge in [-0.15, -0.1) is 10.2 Å². The molecule has 7 nitrogen and oxygen atoms in total. The van der Waals surface area contributed by atoms with Gasteiger partial charge in [0.1, 0.15) is 0 Å². The summed E-state index contributed by atoms with van der Waals surface area (Å²) in [5.41, 5.74) is 1.74. The molecule has 0 aliphatic carbocycles. The van der Waals surface area contributed by atoms with Gasteiger partial charge in [-0.05, 0) is 12.0 Å². The molecular formula is C18H19N5O2S3. The second-order valence-electron chi connectivity index (χ2n) is 5.78. The van der Waals surface area contributed by atoms with E-state index < -0.39 is 0 Å². The molecule has 1 aromatic carbocycles. The van der Waals surface area contributed by atoms with Crippen molar-refractivity contribution in [3.05, 3.63) is 58.0 Å². The SMILES string of the molecule is CCCc1cc(=O)[nH]c(SCC(=O)Nc2nnc(SCc3ccccc3)s2)n1. The van der Waals surface area contributed by atoms with Crippen molar-refractivity contribution in [2.45, 2.75) is 35.0 Å². The van der Waals surface area contributed by atoms with Crippen molar-refractivity contribution in [3.63, 3.8) is 0 Å². The number of aryl methyl sites for hydroxylation is 1. The summed E-state index contributed by atoms with van der Waals surface area (Å²) in [4.78, 5) is 30.8. The normalized spacial score (nSPS) is 10.8. The van der Waals surface area contributed by atoms with Gasteiger partial charge in [0, 0.05) is 17.5 Å². The van der Waals surface area contributed by atoms with Crippen LogP contribution in [0.2, 0.25) is 0 Å². The Morgan fingerprint density at radius 2 is 2.04 bits per heavy atom. The molecule has 0 fully saturated rings. The van der Waals surface area contributed by atoms with Gasteiger partial charge in [-0.2, -0.15) is 0 Å². The van der Waals surface area contributed by atoms with Crippen LogP contribution in [0.25, 0.3) is 0 Å². The average Bonchev–Trinajstić information content (AvgIpc) is 3.13. The summed E-state index contributed by atoms with van der Waals surface area (Å²) in [6.07, 6.45) is 1.64. The Hall–Kier alpha value is -2.17. The molecule has 0 bridgehead atoms. The van der Waals surface area contributed by atoms with Gasteiger partial charge in [0.2, 0.25) is 11.0 Å². The summed E-state index contributed by atoms with van der Waals surface area (Å²) >= 11 is 4.11. The van der Waals surface area contributed by atoms with Crippen molar-refractivity contribution >= 4 is 45.9 Å². The molecule has 10 heteroatoms. The molecular weight excluding hydrogens is 414 g/mol. The molecule has 0 aliphatic heterocycles. The summed E-state index contributed by atoms with van der Waals surface area (Å²) < 4.78 is 0.796. The van der Waals surface area contributed by atoms with Crippen LogP contribution in [-0.4, -0.2) is 31.8 Å². The van der Waals surface area contributed by atoms with Crippen LogP contribution in [-0.2, 0) is 17.0 Å². The van der Waals surface area contributed by atoms with Crippen LogP contribution < -0.4 is 10.9 Å². The fourth-order valence-corrected chi connectivity index (χ4v) is 4.68. The zero-order chi connectivity index (χ0) is 19.8. The number of carbonyl (C=O) groups is 1. The Kier molecular flexibility index (Phi) is 7.63. The number of amides is 1. The predicted molar refractivity (Wildman–Crippen MR) is 114 cm³/mol. The minimum atomic E-state index is -0.218. The number of anilines is 1. The molecule has 3 rings (SSSR count). The van der Waals surface area contributed by atoms with E-state index in [1.54, 1.807) is 11.8 Å². The van der Waals surface area contributed by atoms with Gasteiger partial charge in [0.05, 0.1) is 5.75 Å². The van der Waals surface area contributed by atoms with Crippen LogP contribution in [0.1, 0.15) is 24.6 Å². The van der Waals surface area contributed by atoms with Crippen LogP contribution in [0.3, 0.4) is 0 Å². The summed E-state index contributed by atoms with van der Waals surface area (Å²) in [5.74, 6) is 0.709. The van der Waals surface area contributed by atoms with E-state index in [2.05, 4.69) is 37.6 Å².